The molecule has 0 nitrogen and oxygen atoms in total. The van der Waals surface area contributed by atoms with Crippen molar-refractivity contribution in [3.63, 3.8) is 0 Å². The number of benzene rings is 1. The maximum atomic E-state index is 3.41. The Balaban J connectivity index is 3.31. The fourth-order valence-electron chi connectivity index (χ4n) is 1.51. The maximum absolute atomic E-state index is 3.41. The van der Waals surface area contributed by atoms with E-state index in [0.717, 1.165) is 16.7 Å². The molecule has 0 aliphatic heterocycles. The van der Waals surface area contributed by atoms with Gasteiger partial charge in [0.05, 0.1) is 0 Å². The van der Waals surface area contributed by atoms with Crippen LogP contribution < -0.4 is 0 Å². The van der Waals surface area contributed by atoms with Crippen molar-refractivity contribution in [1.29, 1.82) is 0 Å². The molecule has 0 spiro atoms. The first-order valence-corrected chi connectivity index (χ1v) is 14.2. The molecule has 108 valence electrons. The lowest BCUT2D eigenvalue weighted by Gasteiger charge is -2.05. The monoisotopic (exact) mass is 308 g/mol. The lowest BCUT2D eigenvalue weighted by atomic mass is 10.1. The first kappa shape index (κ1) is 17.4. The Morgan fingerprint density at radius 2 is 0.952 bits per heavy atom. The summed E-state index contributed by atoms with van der Waals surface area (Å²) in [7, 11) is -2.74. The molecular formula is C19H24Si2. The van der Waals surface area contributed by atoms with Crippen LogP contribution in [0.5, 0.6) is 0 Å². The molecule has 21 heavy (non-hydrogen) atoms. The molecule has 0 amide bonds. The molecule has 0 heterocycles. The van der Waals surface area contributed by atoms with Crippen LogP contribution in [-0.4, -0.2) is 16.1 Å². The highest BCUT2D eigenvalue weighted by atomic mass is 28.3. The van der Waals surface area contributed by atoms with Crippen LogP contribution in [0.25, 0.3) is 0 Å². The van der Waals surface area contributed by atoms with Crippen LogP contribution in [-0.2, 0) is 0 Å². The van der Waals surface area contributed by atoms with E-state index in [1.54, 1.807) is 0 Å². The minimum absolute atomic E-state index is 1.000. The molecule has 1 rings (SSSR count). The zero-order valence-corrected chi connectivity index (χ0v) is 16.2. The Kier molecular flexibility index (Phi) is 5.68. The van der Waals surface area contributed by atoms with Gasteiger partial charge in [-0.3, -0.25) is 0 Å². The number of rotatable bonds is 0. The van der Waals surface area contributed by atoms with Gasteiger partial charge in [-0.15, -0.1) is 17.0 Å². The Hall–Kier alpha value is -1.67. The van der Waals surface area contributed by atoms with Gasteiger partial charge in [0.2, 0.25) is 0 Å². The van der Waals surface area contributed by atoms with Crippen molar-refractivity contribution in [3.8, 4) is 34.8 Å². The third-order valence-electron chi connectivity index (χ3n) is 2.37. The van der Waals surface area contributed by atoms with Crippen molar-refractivity contribution in [2.45, 2.75) is 46.2 Å². The molecule has 2 heteroatoms. The van der Waals surface area contributed by atoms with Crippen LogP contribution in [0.3, 0.4) is 0 Å². The lowest BCUT2D eigenvalue weighted by Crippen LogP contribution is -2.16. The van der Waals surface area contributed by atoms with Gasteiger partial charge in [-0.05, 0) is 25.1 Å². The Morgan fingerprint density at radius 1 is 0.619 bits per heavy atom. The fraction of sp³-hybridized carbons (Fsp3) is 0.368. The summed E-state index contributed by atoms with van der Waals surface area (Å²) < 4.78 is 0. The van der Waals surface area contributed by atoms with Gasteiger partial charge in [0.25, 0.3) is 0 Å². The van der Waals surface area contributed by atoms with Crippen LogP contribution in [0.1, 0.15) is 23.6 Å². The van der Waals surface area contributed by atoms with Crippen molar-refractivity contribution in [1.82, 2.24) is 0 Å². The molecule has 0 aliphatic rings. The quantitative estimate of drug-likeness (QED) is 0.488. The highest BCUT2D eigenvalue weighted by molar-refractivity contribution is 6.84. The van der Waals surface area contributed by atoms with E-state index >= 15 is 0 Å². The molecule has 0 saturated heterocycles. The van der Waals surface area contributed by atoms with Crippen molar-refractivity contribution >= 4 is 16.1 Å². The summed E-state index contributed by atoms with van der Waals surface area (Å²) >= 11 is 0. The molecule has 0 unspecified atom stereocenters. The first-order valence-electron chi connectivity index (χ1n) is 7.23. The molecule has 0 aromatic heterocycles. The van der Waals surface area contributed by atoms with Crippen LogP contribution in [0.4, 0.5) is 0 Å². The second-order valence-corrected chi connectivity index (χ2v) is 16.7. The highest BCUT2D eigenvalue weighted by Crippen LogP contribution is 2.10. The molecule has 1 aromatic carbocycles. The van der Waals surface area contributed by atoms with Gasteiger partial charge in [-0.1, -0.05) is 57.0 Å². The van der Waals surface area contributed by atoms with Crippen LogP contribution in [0, 0.1) is 34.8 Å². The van der Waals surface area contributed by atoms with Crippen molar-refractivity contribution in [3.05, 3.63) is 34.9 Å². The van der Waals surface area contributed by atoms with E-state index in [-0.39, 0.29) is 0 Å². The Labute approximate surface area is 132 Å². The minimum Gasteiger partial charge on any atom is -0.127 e. The Morgan fingerprint density at radius 3 is 1.24 bits per heavy atom. The van der Waals surface area contributed by atoms with Gasteiger partial charge in [0, 0.05) is 16.7 Å². The maximum Gasteiger partial charge on any atom is 0.129 e. The van der Waals surface area contributed by atoms with Gasteiger partial charge < -0.3 is 0 Å². The summed E-state index contributed by atoms with van der Waals surface area (Å²) in [5, 5.41) is 0. The van der Waals surface area contributed by atoms with E-state index in [0.29, 0.717) is 0 Å². The SMILES string of the molecule is CC#Cc1cc(C#C[Si](C)(C)C)cc(C#C[Si](C)(C)C)c1. The van der Waals surface area contributed by atoms with Crippen LogP contribution in [0.15, 0.2) is 18.2 Å². The summed E-state index contributed by atoms with van der Waals surface area (Å²) in [5.41, 5.74) is 9.87. The third kappa shape index (κ3) is 7.62. The molecule has 1 aromatic rings. The smallest absolute Gasteiger partial charge is 0.127 e. The lowest BCUT2D eigenvalue weighted by molar-refractivity contribution is 1.55. The predicted octanol–water partition coefficient (Wildman–Crippen LogP) is 4.52. The average Bonchev–Trinajstić information content (AvgIpc) is 2.33. The molecule has 0 saturated carbocycles. The van der Waals surface area contributed by atoms with Gasteiger partial charge in [-0.2, -0.15) is 0 Å². The minimum atomic E-state index is -1.37. The zero-order chi connectivity index (χ0) is 16.1. The predicted molar refractivity (Wildman–Crippen MR) is 99.4 cm³/mol. The van der Waals surface area contributed by atoms with E-state index in [1.807, 2.05) is 6.92 Å². The standard InChI is InChI=1S/C19H24Si2/c1-8-9-17-14-18(10-12-20(2,3)4)16-19(15-17)11-13-21(5,6)7/h14-16H,1-7H3. The Bertz CT molecular complexity index is 644. The van der Waals surface area contributed by atoms with E-state index in [9.17, 15) is 0 Å². The van der Waals surface area contributed by atoms with Gasteiger partial charge >= 0.3 is 0 Å². The van der Waals surface area contributed by atoms with Gasteiger partial charge in [-0.25, -0.2) is 0 Å². The second-order valence-electron chi connectivity index (χ2n) is 7.17. The second kappa shape index (κ2) is 6.86. The number of hydrogen-bond acceptors (Lipinski definition) is 0. The summed E-state index contributed by atoms with van der Waals surface area (Å²) in [6, 6.07) is 6.20. The molecular weight excluding hydrogens is 284 g/mol. The number of hydrogen-bond donors (Lipinski definition) is 0. The highest BCUT2D eigenvalue weighted by Gasteiger charge is 2.09. The summed E-state index contributed by atoms with van der Waals surface area (Å²) in [5.74, 6) is 12.7. The van der Waals surface area contributed by atoms with Crippen molar-refractivity contribution in [2.75, 3.05) is 0 Å². The van der Waals surface area contributed by atoms with E-state index in [4.69, 9.17) is 0 Å². The summed E-state index contributed by atoms with van der Waals surface area (Å²) in [6.45, 7) is 15.4. The summed E-state index contributed by atoms with van der Waals surface area (Å²) in [4.78, 5) is 0. The average molecular weight is 309 g/mol. The molecule has 0 fully saturated rings. The molecule has 0 atom stereocenters. The van der Waals surface area contributed by atoms with Crippen LogP contribution >= 0.6 is 0 Å². The zero-order valence-electron chi connectivity index (χ0n) is 14.2. The van der Waals surface area contributed by atoms with Crippen molar-refractivity contribution in [2.24, 2.45) is 0 Å². The van der Waals surface area contributed by atoms with Gasteiger partial charge in [0.1, 0.15) is 16.1 Å². The fourth-order valence-corrected chi connectivity index (χ4v) is 2.55. The summed E-state index contributed by atoms with van der Waals surface area (Å²) in [6.07, 6.45) is 0. The van der Waals surface area contributed by atoms with E-state index in [2.05, 4.69) is 92.3 Å². The third-order valence-corrected chi connectivity index (χ3v) is 4.12. The molecule has 0 bridgehead atoms. The molecule has 0 N–H and O–H groups in total. The topological polar surface area (TPSA) is 0 Å². The largest absolute Gasteiger partial charge is 0.129 e. The van der Waals surface area contributed by atoms with E-state index < -0.39 is 16.1 Å². The first-order chi connectivity index (χ1) is 9.59. The normalized spacial score (nSPS) is 10.4. The van der Waals surface area contributed by atoms with E-state index in [1.165, 1.54) is 0 Å². The van der Waals surface area contributed by atoms with Crippen molar-refractivity contribution < 1.29 is 0 Å². The molecule has 0 radical (unpaired) electrons. The molecule has 0 aliphatic carbocycles. The van der Waals surface area contributed by atoms with Gasteiger partial charge in [0.15, 0.2) is 0 Å². The van der Waals surface area contributed by atoms with Crippen LogP contribution in [0.2, 0.25) is 39.3 Å².